The molecule has 2 aromatic carbocycles. The van der Waals surface area contributed by atoms with Gasteiger partial charge in [-0.05, 0) is 11.1 Å². The van der Waals surface area contributed by atoms with Gasteiger partial charge in [-0.25, -0.2) is 0 Å². The average molecular weight is 464 g/mol. The molecule has 8 nitrogen and oxygen atoms in total. The number of carbonyl (C=O) groups excluding carboxylic acids is 2. The van der Waals surface area contributed by atoms with Crippen LogP contribution in [-0.2, 0) is 41.9 Å². The number of hydrogen-bond acceptors (Lipinski definition) is 6. The van der Waals surface area contributed by atoms with Gasteiger partial charge in [0.15, 0.2) is 0 Å². The number of carboxylic acid groups (broad SMARTS) is 2. The molecule has 2 aromatic rings. The van der Waals surface area contributed by atoms with Crippen LogP contribution in [0.15, 0.2) is 72.8 Å². The summed E-state index contributed by atoms with van der Waals surface area (Å²) in [6.45, 7) is -0.131. The summed E-state index contributed by atoms with van der Waals surface area (Å²) in [6.07, 6.45) is 3.05. The standard InChI is InChI=1S/C26H24O8/c27-23(28)19-18-12-11-17(21(19)25(31)33-13-15-7-3-1-4-8-15)20(24(29)30)22(18)26(32)34-14-16-9-5-2-6-10-16/h1-12,17-22H,13-14H2,(H,27,28)(H,29,30). The topological polar surface area (TPSA) is 127 Å². The van der Waals surface area contributed by atoms with E-state index in [0.717, 1.165) is 11.1 Å². The molecule has 176 valence electrons. The predicted octanol–water partition coefficient (Wildman–Crippen LogP) is 2.92. The first-order valence-electron chi connectivity index (χ1n) is 10.9. The summed E-state index contributed by atoms with van der Waals surface area (Å²) >= 11 is 0. The van der Waals surface area contributed by atoms with Gasteiger partial charge in [0.05, 0.1) is 23.7 Å². The van der Waals surface area contributed by atoms with Crippen molar-refractivity contribution in [2.45, 2.75) is 13.2 Å². The third-order valence-electron chi connectivity index (χ3n) is 6.55. The van der Waals surface area contributed by atoms with Crippen molar-refractivity contribution in [1.29, 1.82) is 0 Å². The SMILES string of the molecule is O=C(O)C1C2C=CC(C(C(=O)O)C2C(=O)OCc2ccccc2)C1C(=O)OCc1ccccc1. The normalized spacial score (nSPS) is 27.1. The molecule has 6 unspecified atom stereocenters. The zero-order valence-electron chi connectivity index (χ0n) is 18.2. The van der Waals surface area contributed by atoms with Crippen LogP contribution in [0.3, 0.4) is 0 Å². The van der Waals surface area contributed by atoms with Crippen LogP contribution >= 0.6 is 0 Å². The highest BCUT2D eigenvalue weighted by Gasteiger charge is 2.61. The maximum Gasteiger partial charge on any atom is 0.310 e. The van der Waals surface area contributed by atoms with E-state index in [1.54, 1.807) is 48.5 Å². The van der Waals surface area contributed by atoms with Gasteiger partial charge in [-0.2, -0.15) is 0 Å². The maximum absolute atomic E-state index is 13.0. The Bertz CT molecular complexity index is 1010. The van der Waals surface area contributed by atoms with E-state index < -0.39 is 59.4 Å². The molecule has 3 aliphatic carbocycles. The summed E-state index contributed by atoms with van der Waals surface area (Å²) < 4.78 is 10.8. The van der Waals surface area contributed by atoms with Crippen LogP contribution in [-0.4, -0.2) is 34.1 Å². The van der Waals surface area contributed by atoms with E-state index in [0.29, 0.717) is 0 Å². The number of carboxylic acids is 2. The first-order valence-corrected chi connectivity index (χ1v) is 10.9. The molecule has 1 saturated carbocycles. The molecule has 8 heteroatoms. The monoisotopic (exact) mass is 464 g/mol. The second-order valence-corrected chi connectivity index (χ2v) is 8.51. The second kappa shape index (κ2) is 9.91. The fourth-order valence-corrected chi connectivity index (χ4v) is 5.03. The number of allylic oxidation sites excluding steroid dienone is 2. The van der Waals surface area contributed by atoms with Crippen molar-refractivity contribution in [3.8, 4) is 0 Å². The van der Waals surface area contributed by atoms with E-state index in [9.17, 15) is 29.4 Å². The van der Waals surface area contributed by atoms with Gasteiger partial charge in [0, 0.05) is 11.8 Å². The number of benzene rings is 2. The van der Waals surface area contributed by atoms with E-state index in [1.807, 2.05) is 12.1 Å². The van der Waals surface area contributed by atoms with E-state index >= 15 is 0 Å². The van der Waals surface area contributed by atoms with Gasteiger partial charge in [0.25, 0.3) is 0 Å². The third-order valence-corrected chi connectivity index (χ3v) is 6.55. The Morgan fingerprint density at radius 2 is 0.941 bits per heavy atom. The summed E-state index contributed by atoms with van der Waals surface area (Å²) in [5.41, 5.74) is 1.44. The average Bonchev–Trinajstić information content (AvgIpc) is 2.86. The molecule has 0 heterocycles. The first kappa shape index (κ1) is 23.2. The predicted molar refractivity (Wildman–Crippen MR) is 118 cm³/mol. The van der Waals surface area contributed by atoms with Crippen LogP contribution in [0.1, 0.15) is 11.1 Å². The molecule has 0 spiro atoms. The molecule has 5 rings (SSSR count). The highest BCUT2D eigenvalue weighted by atomic mass is 16.5. The zero-order chi connectivity index (χ0) is 24.2. The summed E-state index contributed by atoms with van der Waals surface area (Å²) in [5, 5.41) is 19.9. The molecule has 0 aromatic heterocycles. The number of aliphatic carboxylic acids is 2. The molecule has 0 aliphatic heterocycles. The second-order valence-electron chi connectivity index (χ2n) is 8.51. The minimum atomic E-state index is -1.30. The quantitative estimate of drug-likeness (QED) is 0.451. The van der Waals surface area contributed by atoms with Crippen LogP contribution < -0.4 is 0 Å². The van der Waals surface area contributed by atoms with Gasteiger partial charge in [0.2, 0.25) is 0 Å². The Kier molecular flexibility index (Phi) is 6.77. The van der Waals surface area contributed by atoms with Crippen molar-refractivity contribution in [3.63, 3.8) is 0 Å². The Balaban J connectivity index is 1.57. The van der Waals surface area contributed by atoms with Crippen molar-refractivity contribution in [2.24, 2.45) is 35.5 Å². The molecule has 3 aliphatic rings. The van der Waals surface area contributed by atoms with Crippen molar-refractivity contribution >= 4 is 23.9 Å². The number of esters is 2. The molecular formula is C26H24O8. The number of hydrogen-bond donors (Lipinski definition) is 2. The molecular weight excluding hydrogens is 440 g/mol. The highest BCUT2D eigenvalue weighted by molar-refractivity contribution is 5.89. The number of carbonyl (C=O) groups is 4. The van der Waals surface area contributed by atoms with Crippen LogP contribution in [0.5, 0.6) is 0 Å². The minimum Gasteiger partial charge on any atom is -0.481 e. The molecule has 0 saturated heterocycles. The lowest BCUT2D eigenvalue weighted by Gasteiger charge is -2.48. The molecule has 2 N–H and O–H groups in total. The van der Waals surface area contributed by atoms with E-state index in [2.05, 4.69) is 0 Å². The van der Waals surface area contributed by atoms with E-state index in [1.165, 1.54) is 12.2 Å². The summed E-state index contributed by atoms with van der Waals surface area (Å²) in [7, 11) is 0. The van der Waals surface area contributed by atoms with Gasteiger partial charge in [0.1, 0.15) is 13.2 Å². The van der Waals surface area contributed by atoms with Gasteiger partial charge in [-0.15, -0.1) is 0 Å². The van der Waals surface area contributed by atoms with Gasteiger partial charge < -0.3 is 19.7 Å². The lowest BCUT2D eigenvalue weighted by molar-refractivity contribution is -0.183. The fraction of sp³-hybridized carbons (Fsp3) is 0.308. The van der Waals surface area contributed by atoms with E-state index in [-0.39, 0.29) is 13.2 Å². The third kappa shape index (κ3) is 4.57. The summed E-state index contributed by atoms with van der Waals surface area (Å²) in [6, 6.07) is 17.8. The smallest absolute Gasteiger partial charge is 0.310 e. The van der Waals surface area contributed by atoms with Crippen LogP contribution in [0, 0.1) is 35.5 Å². The minimum absolute atomic E-state index is 0.0656. The van der Waals surface area contributed by atoms with Gasteiger partial charge in [-0.1, -0.05) is 72.8 Å². The van der Waals surface area contributed by atoms with Crippen molar-refractivity contribution < 1.29 is 38.9 Å². The van der Waals surface area contributed by atoms with Crippen LogP contribution in [0.2, 0.25) is 0 Å². The zero-order valence-corrected chi connectivity index (χ0v) is 18.2. The largest absolute Gasteiger partial charge is 0.481 e. The lowest BCUT2D eigenvalue weighted by Crippen LogP contribution is -2.57. The summed E-state index contributed by atoms with van der Waals surface area (Å²) in [4.78, 5) is 50.4. The molecule has 34 heavy (non-hydrogen) atoms. The van der Waals surface area contributed by atoms with Crippen molar-refractivity contribution in [3.05, 3.63) is 83.9 Å². The molecule has 1 fully saturated rings. The molecule has 0 radical (unpaired) electrons. The van der Waals surface area contributed by atoms with E-state index in [4.69, 9.17) is 9.47 Å². The lowest BCUT2D eigenvalue weighted by atomic mass is 9.53. The number of rotatable bonds is 8. The number of fused-ring (bicyclic) bond motifs is 2. The van der Waals surface area contributed by atoms with Crippen LogP contribution in [0.25, 0.3) is 0 Å². The van der Waals surface area contributed by atoms with Crippen LogP contribution in [0.4, 0.5) is 0 Å². The first-order chi connectivity index (χ1) is 16.4. The highest BCUT2D eigenvalue weighted by Crippen LogP contribution is 2.52. The molecule has 0 amide bonds. The number of ether oxygens (including phenoxy) is 2. The van der Waals surface area contributed by atoms with Crippen molar-refractivity contribution in [2.75, 3.05) is 0 Å². The Morgan fingerprint density at radius 1 is 0.588 bits per heavy atom. The fourth-order valence-electron chi connectivity index (χ4n) is 5.03. The molecule has 6 atom stereocenters. The van der Waals surface area contributed by atoms with Gasteiger partial charge >= 0.3 is 23.9 Å². The van der Waals surface area contributed by atoms with Gasteiger partial charge in [-0.3, -0.25) is 19.2 Å². The Labute approximate surface area is 195 Å². The van der Waals surface area contributed by atoms with Crippen molar-refractivity contribution in [1.82, 2.24) is 0 Å². The Morgan fingerprint density at radius 3 is 1.26 bits per heavy atom. The summed E-state index contributed by atoms with van der Waals surface area (Å²) in [5.74, 6) is -11.2. The maximum atomic E-state index is 13.0. The Hall–Kier alpha value is -3.94. The molecule has 2 bridgehead atoms.